The zero-order valence-corrected chi connectivity index (χ0v) is 7.03. The molecular weight excluding hydrogens is 152 g/mol. The molecule has 0 spiro atoms. The molecule has 3 nitrogen and oxygen atoms in total. The first-order valence-electron chi connectivity index (χ1n) is 3.85. The Morgan fingerprint density at radius 2 is 2.08 bits per heavy atom. The molecule has 0 fully saturated rings. The highest BCUT2D eigenvalue weighted by molar-refractivity contribution is 5.74. The van der Waals surface area contributed by atoms with Crippen molar-refractivity contribution in [3.63, 3.8) is 0 Å². The van der Waals surface area contributed by atoms with Gasteiger partial charge >= 0.3 is 0 Å². The Bertz CT molecular complexity index is 256. The molecule has 0 atom stereocenters. The van der Waals surface area contributed by atoms with Crippen LogP contribution in [0.4, 0.5) is 0 Å². The molecule has 0 unspecified atom stereocenters. The smallest absolute Gasteiger partial charge is 0.287 e. The minimum Gasteiger partial charge on any atom is -0.426 e. The van der Waals surface area contributed by atoms with Crippen LogP contribution in [0.2, 0.25) is 0 Å². The Morgan fingerprint density at radius 1 is 1.42 bits per heavy atom. The van der Waals surface area contributed by atoms with Crippen LogP contribution < -0.4 is 10.5 Å². The average molecular weight is 164 g/mol. The van der Waals surface area contributed by atoms with E-state index in [9.17, 15) is 0 Å². The highest BCUT2D eigenvalue weighted by atomic mass is 16.5. The summed E-state index contributed by atoms with van der Waals surface area (Å²) < 4.78 is 5.18. The number of nitrogens with zero attached hydrogens (tertiary/aromatic N) is 1. The van der Waals surface area contributed by atoms with Gasteiger partial charge in [-0.3, -0.25) is 0 Å². The molecule has 64 valence electrons. The monoisotopic (exact) mass is 164 g/mol. The van der Waals surface area contributed by atoms with Crippen molar-refractivity contribution in [2.24, 2.45) is 10.7 Å². The summed E-state index contributed by atoms with van der Waals surface area (Å²) in [7, 11) is 0. The Labute approximate surface area is 71.9 Å². The molecule has 0 heterocycles. The SMILES string of the molecule is CCN=C(N)Oc1ccccc1. The first kappa shape index (κ1) is 8.59. The summed E-state index contributed by atoms with van der Waals surface area (Å²) in [5.41, 5.74) is 5.44. The zero-order valence-electron chi connectivity index (χ0n) is 7.03. The fourth-order valence-corrected chi connectivity index (χ4v) is 0.797. The Balaban J connectivity index is 2.58. The van der Waals surface area contributed by atoms with Gasteiger partial charge in [-0.25, -0.2) is 4.99 Å². The normalized spacial score (nSPS) is 11.2. The highest BCUT2D eigenvalue weighted by Gasteiger charge is 1.93. The molecule has 0 saturated carbocycles. The van der Waals surface area contributed by atoms with Crippen LogP contribution in [0.5, 0.6) is 5.75 Å². The third-order valence-electron chi connectivity index (χ3n) is 1.28. The number of rotatable bonds is 2. The number of para-hydroxylation sites is 1. The van der Waals surface area contributed by atoms with Crippen molar-refractivity contribution in [2.75, 3.05) is 6.54 Å². The first-order valence-corrected chi connectivity index (χ1v) is 3.85. The molecule has 1 rings (SSSR count). The molecule has 0 radical (unpaired) electrons. The van der Waals surface area contributed by atoms with E-state index in [1.165, 1.54) is 0 Å². The quantitative estimate of drug-likeness (QED) is 0.530. The van der Waals surface area contributed by atoms with E-state index in [0.29, 0.717) is 12.3 Å². The third kappa shape index (κ3) is 2.62. The van der Waals surface area contributed by atoms with E-state index in [-0.39, 0.29) is 6.02 Å². The van der Waals surface area contributed by atoms with Crippen LogP contribution in [0.15, 0.2) is 35.3 Å². The maximum absolute atomic E-state index is 5.44. The second-order valence-electron chi connectivity index (χ2n) is 2.23. The molecule has 0 aliphatic carbocycles. The molecule has 0 bridgehead atoms. The van der Waals surface area contributed by atoms with E-state index in [1.807, 2.05) is 37.3 Å². The van der Waals surface area contributed by atoms with E-state index in [2.05, 4.69) is 4.99 Å². The molecule has 0 aromatic heterocycles. The lowest BCUT2D eigenvalue weighted by atomic mass is 10.3. The number of hydrogen-bond acceptors (Lipinski definition) is 2. The standard InChI is InChI=1S/C9H12N2O/c1-2-11-9(10)12-8-6-4-3-5-7-8/h3-7H,2H2,1H3,(H2,10,11). The first-order chi connectivity index (χ1) is 5.83. The maximum Gasteiger partial charge on any atom is 0.287 e. The summed E-state index contributed by atoms with van der Waals surface area (Å²) >= 11 is 0. The zero-order chi connectivity index (χ0) is 8.81. The minimum absolute atomic E-state index is 0.212. The fraction of sp³-hybridized carbons (Fsp3) is 0.222. The van der Waals surface area contributed by atoms with Crippen LogP contribution in [0, 0.1) is 0 Å². The summed E-state index contributed by atoms with van der Waals surface area (Å²) in [6, 6.07) is 9.56. The predicted octanol–water partition coefficient (Wildman–Crippen LogP) is 1.40. The molecular formula is C9H12N2O. The predicted molar refractivity (Wildman–Crippen MR) is 49.2 cm³/mol. The molecule has 1 aromatic carbocycles. The lowest BCUT2D eigenvalue weighted by molar-refractivity contribution is 0.539. The largest absolute Gasteiger partial charge is 0.426 e. The van der Waals surface area contributed by atoms with Gasteiger partial charge < -0.3 is 10.5 Å². The van der Waals surface area contributed by atoms with E-state index in [1.54, 1.807) is 0 Å². The fourth-order valence-electron chi connectivity index (χ4n) is 0.797. The topological polar surface area (TPSA) is 47.6 Å². The molecule has 0 aliphatic heterocycles. The maximum atomic E-state index is 5.44. The van der Waals surface area contributed by atoms with Gasteiger partial charge in [0, 0.05) is 6.54 Å². The van der Waals surface area contributed by atoms with Crippen molar-refractivity contribution in [3.05, 3.63) is 30.3 Å². The van der Waals surface area contributed by atoms with Crippen molar-refractivity contribution in [3.8, 4) is 5.75 Å². The lowest BCUT2D eigenvalue weighted by Gasteiger charge is -2.02. The van der Waals surface area contributed by atoms with Gasteiger partial charge in [-0.15, -0.1) is 0 Å². The summed E-state index contributed by atoms with van der Waals surface area (Å²) in [6.45, 7) is 2.54. The summed E-state index contributed by atoms with van der Waals surface area (Å²) in [5.74, 6) is 0.715. The molecule has 0 amide bonds. The second kappa shape index (κ2) is 4.38. The van der Waals surface area contributed by atoms with Gasteiger partial charge in [0.2, 0.25) is 0 Å². The highest BCUT2D eigenvalue weighted by Crippen LogP contribution is 2.07. The van der Waals surface area contributed by atoms with Crippen LogP contribution in [0.3, 0.4) is 0 Å². The van der Waals surface area contributed by atoms with Crippen molar-refractivity contribution < 1.29 is 4.74 Å². The van der Waals surface area contributed by atoms with Crippen LogP contribution >= 0.6 is 0 Å². The molecule has 3 heteroatoms. The van der Waals surface area contributed by atoms with Gasteiger partial charge in [0.1, 0.15) is 5.75 Å². The van der Waals surface area contributed by atoms with Crippen LogP contribution in [-0.2, 0) is 0 Å². The van der Waals surface area contributed by atoms with Crippen molar-refractivity contribution in [1.82, 2.24) is 0 Å². The minimum atomic E-state index is 0.212. The van der Waals surface area contributed by atoms with E-state index < -0.39 is 0 Å². The van der Waals surface area contributed by atoms with Crippen molar-refractivity contribution in [1.29, 1.82) is 0 Å². The number of hydrogen-bond donors (Lipinski definition) is 1. The summed E-state index contributed by atoms with van der Waals surface area (Å²) in [4.78, 5) is 3.89. The third-order valence-corrected chi connectivity index (χ3v) is 1.28. The van der Waals surface area contributed by atoms with Gasteiger partial charge in [-0.1, -0.05) is 18.2 Å². The molecule has 0 aliphatic rings. The summed E-state index contributed by atoms with van der Waals surface area (Å²) in [6.07, 6.45) is 0. The van der Waals surface area contributed by atoms with Gasteiger partial charge in [0.25, 0.3) is 6.02 Å². The number of amidine groups is 1. The Hall–Kier alpha value is -1.51. The summed E-state index contributed by atoms with van der Waals surface area (Å²) in [5, 5.41) is 0. The average Bonchev–Trinajstić information content (AvgIpc) is 2.06. The van der Waals surface area contributed by atoms with Crippen molar-refractivity contribution in [2.45, 2.75) is 6.92 Å². The van der Waals surface area contributed by atoms with Gasteiger partial charge in [0.15, 0.2) is 0 Å². The molecule has 12 heavy (non-hydrogen) atoms. The Kier molecular flexibility index (Phi) is 3.14. The van der Waals surface area contributed by atoms with Crippen LogP contribution in [0.1, 0.15) is 6.92 Å². The molecule has 2 N–H and O–H groups in total. The lowest BCUT2D eigenvalue weighted by Crippen LogP contribution is -2.19. The molecule has 1 aromatic rings. The van der Waals surface area contributed by atoms with Crippen LogP contribution in [0.25, 0.3) is 0 Å². The van der Waals surface area contributed by atoms with E-state index in [0.717, 1.165) is 0 Å². The number of ether oxygens (including phenoxy) is 1. The number of aliphatic imine (C=N–C) groups is 1. The molecule has 0 saturated heterocycles. The van der Waals surface area contributed by atoms with Crippen LogP contribution in [-0.4, -0.2) is 12.6 Å². The van der Waals surface area contributed by atoms with E-state index >= 15 is 0 Å². The number of benzene rings is 1. The second-order valence-corrected chi connectivity index (χ2v) is 2.23. The van der Waals surface area contributed by atoms with Gasteiger partial charge in [0.05, 0.1) is 0 Å². The van der Waals surface area contributed by atoms with E-state index in [4.69, 9.17) is 10.5 Å². The number of nitrogens with two attached hydrogens (primary N) is 1. The Morgan fingerprint density at radius 3 is 2.67 bits per heavy atom. The van der Waals surface area contributed by atoms with Gasteiger partial charge in [-0.2, -0.15) is 0 Å². The van der Waals surface area contributed by atoms with Crippen molar-refractivity contribution >= 4 is 6.02 Å². The van der Waals surface area contributed by atoms with Gasteiger partial charge in [-0.05, 0) is 19.1 Å².